The van der Waals surface area contributed by atoms with E-state index in [0.717, 1.165) is 45.2 Å². The van der Waals surface area contributed by atoms with Crippen molar-refractivity contribution >= 4 is 17.6 Å². The van der Waals surface area contributed by atoms with Crippen molar-refractivity contribution in [2.75, 3.05) is 18.4 Å². The molecule has 7 heteroatoms. The van der Waals surface area contributed by atoms with Crippen LogP contribution in [-0.4, -0.2) is 45.8 Å². The molecule has 3 rings (SSSR count). The molecule has 1 aromatic heterocycles. The van der Waals surface area contributed by atoms with E-state index in [9.17, 15) is 9.59 Å². The van der Waals surface area contributed by atoms with Gasteiger partial charge in [0.05, 0.1) is 0 Å². The Hall–Kier alpha value is -2.83. The summed E-state index contributed by atoms with van der Waals surface area (Å²) in [4.78, 5) is 26.7. The van der Waals surface area contributed by atoms with Crippen LogP contribution in [0.5, 0.6) is 0 Å². The molecule has 1 fully saturated rings. The Morgan fingerprint density at radius 2 is 2.04 bits per heavy atom. The van der Waals surface area contributed by atoms with Gasteiger partial charge in [-0.15, -0.1) is 0 Å². The summed E-state index contributed by atoms with van der Waals surface area (Å²) in [5, 5.41) is 10.1. The molecule has 1 aliphatic rings. The Labute approximate surface area is 166 Å². The number of hydrogen-bond acceptors (Lipinski definition) is 3. The predicted octanol–water partition coefficient (Wildman–Crippen LogP) is 3.50. The minimum Gasteiger partial charge on any atom is -0.352 e. The lowest BCUT2D eigenvalue weighted by atomic mass is 10.00. The molecular weight excluding hydrogens is 354 g/mol. The number of carbonyl (C=O) groups is 2. The highest BCUT2D eigenvalue weighted by Crippen LogP contribution is 2.22. The van der Waals surface area contributed by atoms with E-state index in [4.69, 9.17) is 0 Å². The number of hydrogen-bond donors (Lipinski definition) is 2. The van der Waals surface area contributed by atoms with Crippen molar-refractivity contribution in [3.05, 3.63) is 48.3 Å². The number of carbonyl (C=O) groups excluding carboxylic acids is 2. The summed E-state index contributed by atoms with van der Waals surface area (Å²) in [7, 11) is 0. The molecule has 1 aliphatic heterocycles. The van der Waals surface area contributed by atoms with Gasteiger partial charge in [0.15, 0.2) is 0 Å². The highest BCUT2D eigenvalue weighted by molar-refractivity contribution is 5.95. The molecule has 2 N–H and O–H groups in total. The highest BCUT2D eigenvalue weighted by Gasteiger charge is 2.26. The summed E-state index contributed by atoms with van der Waals surface area (Å²) in [6, 6.07) is 9.10. The van der Waals surface area contributed by atoms with Crippen molar-refractivity contribution in [3.63, 3.8) is 0 Å². The Kier molecular flexibility index (Phi) is 7.06. The minimum atomic E-state index is -0.0885. The number of piperidine rings is 1. The van der Waals surface area contributed by atoms with E-state index in [1.807, 2.05) is 28.8 Å². The zero-order valence-corrected chi connectivity index (χ0v) is 16.4. The molecular formula is C21H29N5O2. The first-order valence-electron chi connectivity index (χ1n) is 10.1. The number of benzene rings is 1. The maximum atomic E-state index is 12.8. The molecule has 1 saturated heterocycles. The maximum Gasteiger partial charge on any atom is 0.322 e. The Morgan fingerprint density at radius 1 is 1.21 bits per heavy atom. The molecule has 1 atom stereocenters. The SMILES string of the molecule is CCCNC(=O)c1ccc(NC(=O)N2CCCCC2CCn2cccn2)cc1. The number of likely N-dealkylation sites (tertiary alicyclic amines) is 1. The Balaban J connectivity index is 1.56. The smallest absolute Gasteiger partial charge is 0.322 e. The van der Waals surface area contributed by atoms with Gasteiger partial charge < -0.3 is 15.5 Å². The van der Waals surface area contributed by atoms with Crippen LogP contribution in [0, 0.1) is 0 Å². The highest BCUT2D eigenvalue weighted by atomic mass is 16.2. The number of urea groups is 1. The van der Waals surface area contributed by atoms with E-state index in [1.165, 1.54) is 0 Å². The van der Waals surface area contributed by atoms with E-state index >= 15 is 0 Å². The second-order valence-electron chi connectivity index (χ2n) is 7.16. The van der Waals surface area contributed by atoms with Crippen molar-refractivity contribution in [2.45, 2.75) is 51.6 Å². The number of nitrogens with zero attached hydrogens (tertiary/aromatic N) is 3. The molecule has 2 aromatic rings. The summed E-state index contributed by atoms with van der Waals surface area (Å²) in [6.07, 6.45) is 8.72. The second-order valence-corrected chi connectivity index (χ2v) is 7.16. The summed E-state index contributed by atoms with van der Waals surface area (Å²) in [6.45, 7) is 4.25. The fourth-order valence-electron chi connectivity index (χ4n) is 3.52. The summed E-state index contributed by atoms with van der Waals surface area (Å²) in [5.41, 5.74) is 1.30. The first-order chi connectivity index (χ1) is 13.7. The van der Waals surface area contributed by atoms with Crippen LogP contribution in [0.1, 0.15) is 49.4 Å². The van der Waals surface area contributed by atoms with Crippen molar-refractivity contribution in [1.82, 2.24) is 20.0 Å². The van der Waals surface area contributed by atoms with Crippen LogP contribution in [0.25, 0.3) is 0 Å². The monoisotopic (exact) mass is 383 g/mol. The van der Waals surface area contributed by atoms with E-state index in [2.05, 4.69) is 15.7 Å². The third-order valence-electron chi connectivity index (χ3n) is 5.07. The zero-order chi connectivity index (χ0) is 19.8. The van der Waals surface area contributed by atoms with Gasteiger partial charge >= 0.3 is 6.03 Å². The molecule has 1 unspecified atom stereocenters. The molecule has 28 heavy (non-hydrogen) atoms. The summed E-state index contributed by atoms with van der Waals surface area (Å²) < 4.78 is 1.91. The number of aromatic nitrogens is 2. The van der Waals surface area contributed by atoms with E-state index in [0.29, 0.717) is 17.8 Å². The lowest BCUT2D eigenvalue weighted by Gasteiger charge is -2.35. The van der Waals surface area contributed by atoms with Gasteiger partial charge in [0.2, 0.25) is 0 Å². The van der Waals surface area contributed by atoms with Crippen molar-refractivity contribution in [3.8, 4) is 0 Å². The number of rotatable bonds is 7. The standard InChI is InChI=1S/C21H29N5O2/c1-2-12-22-20(27)17-7-9-18(10-8-17)24-21(28)26-15-4-3-6-19(26)11-16-25-14-5-13-23-25/h5,7-10,13-14,19H,2-4,6,11-12,15-16H2,1H3,(H,22,27)(H,24,28). The van der Waals surface area contributed by atoms with Gasteiger partial charge in [-0.25, -0.2) is 4.79 Å². The van der Waals surface area contributed by atoms with Gasteiger partial charge in [0, 0.05) is 49.3 Å². The fraction of sp³-hybridized carbons (Fsp3) is 0.476. The van der Waals surface area contributed by atoms with Gasteiger partial charge in [-0.1, -0.05) is 6.92 Å². The van der Waals surface area contributed by atoms with Crippen LogP contribution in [0.2, 0.25) is 0 Å². The largest absolute Gasteiger partial charge is 0.352 e. The average molecular weight is 383 g/mol. The fourth-order valence-corrected chi connectivity index (χ4v) is 3.52. The molecule has 0 radical (unpaired) electrons. The lowest BCUT2D eigenvalue weighted by Crippen LogP contribution is -2.46. The van der Waals surface area contributed by atoms with Crippen LogP contribution in [-0.2, 0) is 6.54 Å². The topological polar surface area (TPSA) is 79.3 Å². The number of aryl methyl sites for hydroxylation is 1. The molecule has 0 bridgehead atoms. The summed E-state index contributed by atoms with van der Waals surface area (Å²) in [5.74, 6) is -0.0885. The zero-order valence-electron chi connectivity index (χ0n) is 16.4. The van der Waals surface area contributed by atoms with E-state index in [1.54, 1.807) is 30.5 Å². The average Bonchev–Trinajstić information content (AvgIpc) is 3.25. The van der Waals surface area contributed by atoms with Crippen LogP contribution in [0.4, 0.5) is 10.5 Å². The lowest BCUT2D eigenvalue weighted by molar-refractivity contribution is 0.0953. The number of amides is 3. The predicted molar refractivity (Wildman–Crippen MR) is 109 cm³/mol. The first-order valence-corrected chi connectivity index (χ1v) is 10.1. The van der Waals surface area contributed by atoms with Gasteiger partial charge in [-0.05, 0) is 62.4 Å². The molecule has 0 aliphatic carbocycles. The number of nitrogens with one attached hydrogen (secondary N) is 2. The van der Waals surface area contributed by atoms with Crippen molar-refractivity contribution in [2.24, 2.45) is 0 Å². The minimum absolute atomic E-state index is 0.0756. The third-order valence-corrected chi connectivity index (χ3v) is 5.07. The van der Waals surface area contributed by atoms with Crippen LogP contribution < -0.4 is 10.6 Å². The molecule has 3 amide bonds. The van der Waals surface area contributed by atoms with E-state index < -0.39 is 0 Å². The Bertz CT molecular complexity index is 758. The second kappa shape index (κ2) is 9.92. The molecule has 0 spiro atoms. The van der Waals surface area contributed by atoms with Crippen LogP contribution >= 0.6 is 0 Å². The molecule has 7 nitrogen and oxygen atoms in total. The van der Waals surface area contributed by atoms with E-state index in [-0.39, 0.29) is 18.0 Å². The summed E-state index contributed by atoms with van der Waals surface area (Å²) >= 11 is 0. The first kappa shape index (κ1) is 19.9. The van der Waals surface area contributed by atoms with Gasteiger partial charge in [0.25, 0.3) is 5.91 Å². The van der Waals surface area contributed by atoms with Crippen LogP contribution in [0.15, 0.2) is 42.7 Å². The van der Waals surface area contributed by atoms with Crippen LogP contribution in [0.3, 0.4) is 0 Å². The maximum absolute atomic E-state index is 12.8. The molecule has 1 aromatic carbocycles. The number of anilines is 1. The quantitative estimate of drug-likeness (QED) is 0.768. The van der Waals surface area contributed by atoms with Gasteiger partial charge in [-0.2, -0.15) is 5.10 Å². The molecule has 0 saturated carbocycles. The van der Waals surface area contributed by atoms with Crippen molar-refractivity contribution in [1.29, 1.82) is 0 Å². The molecule has 2 heterocycles. The Morgan fingerprint density at radius 3 is 2.75 bits per heavy atom. The van der Waals surface area contributed by atoms with Gasteiger partial charge in [-0.3, -0.25) is 9.48 Å². The van der Waals surface area contributed by atoms with Crippen molar-refractivity contribution < 1.29 is 9.59 Å². The third kappa shape index (κ3) is 5.34. The normalized spacial score (nSPS) is 16.6. The molecule has 150 valence electrons. The van der Waals surface area contributed by atoms with Gasteiger partial charge in [0.1, 0.15) is 0 Å².